The van der Waals surface area contributed by atoms with Crippen LogP contribution in [0, 0.1) is 0 Å². The van der Waals surface area contributed by atoms with Gasteiger partial charge in [0.05, 0.1) is 12.0 Å². The van der Waals surface area contributed by atoms with Crippen molar-refractivity contribution in [3.8, 4) is 10.6 Å². The van der Waals surface area contributed by atoms with E-state index in [0.717, 1.165) is 35.7 Å². The van der Waals surface area contributed by atoms with Gasteiger partial charge in [-0.15, -0.1) is 11.3 Å². The van der Waals surface area contributed by atoms with Crippen LogP contribution in [0.2, 0.25) is 0 Å². The second-order valence-corrected chi connectivity index (χ2v) is 5.48. The lowest BCUT2D eigenvalue weighted by molar-refractivity contribution is -0.142. The van der Waals surface area contributed by atoms with Gasteiger partial charge in [0.25, 0.3) is 0 Å². The van der Waals surface area contributed by atoms with E-state index >= 15 is 0 Å². The summed E-state index contributed by atoms with van der Waals surface area (Å²) in [5, 5.41) is 12.0. The van der Waals surface area contributed by atoms with Gasteiger partial charge in [-0.1, -0.05) is 0 Å². The third kappa shape index (κ3) is 2.54. The van der Waals surface area contributed by atoms with E-state index in [1.807, 2.05) is 16.3 Å². The maximum absolute atomic E-state index is 11.1. The van der Waals surface area contributed by atoms with Gasteiger partial charge in [-0.2, -0.15) is 0 Å². The molecule has 0 bridgehead atoms. The molecule has 0 saturated carbocycles. The number of nitrogens with zero attached hydrogens (tertiary/aromatic N) is 2. The van der Waals surface area contributed by atoms with Crippen molar-refractivity contribution in [2.24, 2.45) is 0 Å². The third-order valence-electron chi connectivity index (χ3n) is 3.33. The van der Waals surface area contributed by atoms with Gasteiger partial charge in [-0.25, -0.2) is 4.98 Å². The fourth-order valence-electron chi connectivity index (χ4n) is 2.40. The van der Waals surface area contributed by atoms with Crippen LogP contribution in [0.5, 0.6) is 0 Å². The average molecular weight is 278 g/mol. The molecule has 0 aromatic carbocycles. The summed E-state index contributed by atoms with van der Waals surface area (Å²) in [5.41, 5.74) is 1.89. The summed E-state index contributed by atoms with van der Waals surface area (Å²) in [4.78, 5) is 17.6. The van der Waals surface area contributed by atoms with Crippen LogP contribution >= 0.6 is 11.3 Å². The molecule has 1 atom stereocenters. The molecule has 6 heteroatoms. The maximum Gasteiger partial charge on any atom is 0.320 e. The first-order valence-electron chi connectivity index (χ1n) is 6.18. The van der Waals surface area contributed by atoms with Crippen LogP contribution < -0.4 is 0 Å². The van der Waals surface area contributed by atoms with Crippen LogP contribution in [0.25, 0.3) is 10.6 Å². The Morgan fingerprint density at radius 2 is 2.53 bits per heavy atom. The van der Waals surface area contributed by atoms with E-state index in [0.29, 0.717) is 6.54 Å². The number of furan rings is 1. The molecule has 1 aliphatic rings. The van der Waals surface area contributed by atoms with E-state index < -0.39 is 5.97 Å². The highest BCUT2D eigenvalue weighted by atomic mass is 32.1. The largest absolute Gasteiger partial charge is 0.480 e. The predicted octanol–water partition coefficient (Wildman–Crippen LogP) is 2.45. The van der Waals surface area contributed by atoms with E-state index in [1.54, 1.807) is 23.9 Å². The minimum Gasteiger partial charge on any atom is -0.480 e. The molecule has 1 fully saturated rings. The molecule has 0 amide bonds. The molecular weight excluding hydrogens is 264 g/mol. The standard InChI is InChI=1S/C13H14N2O3S/c16-13(17)11-2-1-4-15(11)6-10-8-19-12(14-10)9-3-5-18-7-9/h3,5,7-8,11H,1-2,4,6H2,(H,16,17)/t11-/m1/s1. The van der Waals surface area contributed by atoms with E-state index in [1.165, 1.54) is 0 Å². The molecule has 0 spiro atoms. The molecule has 3 rings (SSSR count). The second-order valence-electron chi connectivity index (χ2n) is 4.62. The van der Waals surface area contributed by atoms with Crippen LogP contribution in [0.4, 0.5) is 0 Å². The summed E-state index contributed by atoms with van der Waals surface area (Å²) in [7, 11) is 0. The van der Waals surface area contributed by atoms with Gasteiger partial charge in [0.15, 0.2) is 0 Å². The first kappa shape index (κ1) is 12.4. The van der Waals surface area contributed by atoms with Crippen LogP contribution in [-0.4, -0.2) is 33.5 Å². The topological polar surface area (TPSA) is 66.6 Å². The molecule has 1 N–H and O–H groups in total. The highest BCUT2D eigenvalue weighted by Crippen LogP contribution is 2.26. The summed E-state index contributed by atoms with van der Waals surface area (Å²) >= 11 is 1.56. The minimum atomic E-state index is -0.734. The van der Waals surface area contributed by atoms with Crippen LogP contribution in [0.3, 0.4) is 0 Å². The number of carbonyl (C=O) groups is 1. The molecule has 0 radical (unpaired) electrons. The van der Waals surface area contributed by atoms with E-state index in [9.17, 15) is 4.79 Å². The Kier molecular flexibility index (Phi) is 3.35. The van der Waals surface area contributed by atoms with Crippen molar-refractivity contribution in [2.75, 3.05) is 6.54 Å². The summed E-state index contributed by atoms with van der Waals surface area (Å²) in [5.74, 6) is -0.734. The molecule has 5 nitrogen and oxygen atoms in total. The van der Waals surface area contributed by atoms with Crippen molar-refractivity contribution < 1.29 is 14.3 Å². The number of carboxylic acids is 1. The molecule has 19 heavy (non-hydrogen) atoms. The SMILES string of the molecule is O=C(O)[C@H]1CCCN1Cc1csc(-c2ccoc2)n1. The fraction of sp³-hybridized carbons (Fsp3) is 0.385. The van der Waals surface area contributed by atoms with Crippen molar-refractivity contribution in [2.45, 2.75) is 25.4 Å². The number of hydrogen-bond donors (Lipinski definition) is 1. The number of thiazole rings is 1. The average Bonchev–Trinajstić information content (AvgIpc) is 3.09. The first-order chi connectivity index (χ1) is 9.24. The van der Waals surface area contributed by atoms with Gasteiger partial charge in [0, 0.05) is 17.5 Å². The highest BCUT2D eigenvalue weighted by molar-refractivity contribution is 7.13. The number of hydrogen-bond acceptors (Lipinski definition) is 5. The summed E-state index contributed by atoms with van der Waals surface area (Å²) in [6.07, 6.45) is 4.96. The van der Waals surface area contributed by atoms with Crippen molar-refractivity contribution in [1.82, 2.24) is 9.88 Å². The molecular formula is C13H14N2O3S. The van der Waals surface area contributed by atoms with Crippen LogP contribution in [0.1, 0.15) is 18.5 Å². The van der Waals surface area contributed by atoms with Gasteiger partial charge in [0.2, 0.25) is 0 Å². The van der Waals surface area contributed by atoms with Crippen molar-refractivity contribution in [3.05, 3.63) is 29.7 Å². The molecule has 100 valence electrons. The highest BCUT2D eigenvalue weighted by Gasteiger charge is 2.30. The lowest BCUT2D eigenvalue weighted by atomic mass is 10.2. The maximum atomic E-state index is 11.1. The Morgan fingerprint density at radius 1 is 1.63 bits per heavy atom. The normalized spacial score (nSPS) is 19.9. The molecule has 0 aliphatic carbocycles. The monoisotopic (exact) mass is 278 g/mol. The van der Waals surface area contributed by atoms with E-state index in [-0.39, 0.29) is 6.04 Å². The number of rotatable bonds is 4. The Bertz CT molecular complexity index is 564. The van der Waals surface area contributed by atoms with Gasteiger partial charge >= 0.3 is 5.97 Å². The van der Waals surface area contributed by atoms with Crippen LogP contribution in [0.15, 0.2) is 28.4 Å². The number of aromatic nitrogens is 1. The van der Waals surface area contributed by atoms with Crippen LogP contribution in [-0.2, 0) is 11.3 Å². The van der Waals surface area contributed by atoms with Crippen molar-refractivity contribution in [3.63, 3.8) is 0 Å². The molecule has 0 unspecified atom stereocenters. The van der Waals surface area contributed by atoms with Gasteiger partial charge in [0.1, 0.15) is 17.3 Å². The summed E-state index contributed by atoms with van der Waals surface area (Å²) < 4.78 is 5.04. The van der Waals surface area contributed by atoms with E-state index in [2.05, 4.69) is 4.98 Å². The van der Waals surface area contributed by atoms with Gasteiger partial charge < -0.3 is 9.52 Å². The number of carboxylic acid groups (broad SMARTS) is 1. The van der Waals surface area contributed by atoms with Crippen molar-refractivity contribution >= 4 is 17.3 Å². The Hall–Kier alpha value is -1.66. The zero-order valence-corrected chi connectivity index (χ0v) is 11.1. The number of aliphatic carboxylic acids is 1. The summed E-state index contributed by atoms with van der Waals surface area (Å²) in [6.45, 7) is 1.43. The quantitative estimate of drug-likeness (QED) is 0.930. The lowest BCUT2D eigenvalue weighted by Crippen LogP contribution is -2.35. The third-order valence-corrected chi connectivity index (χ3v) is 4.27. The Balaban J connectivity index is 1.72. The Morgan fingerprint density at radius 3 is 3.26 bits per heavy atom. The smallest absolute Gasteiger partial charge is 0.320 e. The predicted molar refractivity (Wildman–Crippen MR) is 70.9 cm³/mol. The second kappa shape index (κ2) is 5.14. The molecule has 2 aromatic rings. The summed E-state index contributed by atoms with van der Waals surface area (Å²) in [6, 6.07) is 1.51. The Labute approximate surface area is 114 Å². The van der Waals surface area contributed by atoms with Gasteiger partial charge in [-0.05, 0) is 25.5 Å². The molecule has 1 aliphatic heterocycles. The zero-order valence-electron chi connectivity index (χ0n) is 10.3. The zero-order chi connectivity index (χ0) is 13.2. The van der Waals surface area contributed by atoms with Gasteiger partial charge in [-0.3, -0.25) is 9.69 Å². The van der Waals surface area contributed by atoms with Crippen molar-refractivity contribution in [1.29, 1.82) is 0 Å². The fourth-order valence-corrected chi connectivity index (χ4v) is 3.20. The number of likely N-dealkylation sites (tertiary alicyclic amines) is 1. The molecule has 2 aromatic heterocycles. The lowest BCUT2D eigenvalue weighted by Gasteiger charge is -2.19. The molecule has 3 heterocycles. The van der Waals surface area contributed by atoms with E-state index in [4.69, 9.17) is 9.52 Å². The first-order valence-corrected chi connectivity index (χ1v) is 7.06. The minimum absolute atomic E-state index is 0.362. The molecule has 1 saturated heterocycles.